The summed E-state index contributed by atoms with van der Waals surface area (Å²) in [6, 6.07) is 1.71. The average Bonchev–Trinajstić information content (AvgIpc) is 3.64. The lowest BCUT2D eigenvalue weighted by Crippen LogP contribution is -2.44. The van der Waals surface area contributed by atoms with E-state index in [1.807, 2.05) is 0 Å². The average molecular weight is 654 g/mol. The highest BCUT2D eigenvalue weighted by molar-refractivity contribution is 7.91. The third kappa shape index (κ3) is 8.08. The van der Waals surface area contributed by atoms with Crippen LogP contribution in [0.3, 0.4) is 0 Å². The van der Waals surface area contributed by atoms with E-state index in [9.17, 15) is 18.1 Å². The van der Waals surface area contributed by atoms with Crippen LogP contribution in [-0.2, 0) is 16.4 Å². The highest BCUT2D eigenvalue weighted by atomic mass is 32.2. The molecule has 1 fully saturated rings. The van der Waals surface area contributed by atoms with Crippen LogP contribution in [0.2, 0.25) is 0 Å². The van der Waals surface area contributed by atoms with Crippen molar-refractivity contribution >= 4 is 49.8 Å². The summed E-state index contributed by atoms with van der Waals surface area (Å²) < 4.78 is 53.2. The Morgan fingerprint density at radius 2 is 1.93 bits per heavy atom. The number of rotatable bonds is 13. The number of unbranched alkanes of at least 4 members (excludes halogenated alkanes) is 1. The van der Waals surface area contributed by atoms with Gasteiger partial charge in [0.1, 0.15) is 5.76 Å². The highest BCUT2D eigenvalue weighted by Gasteiger charge is 2.33. The molecular weight excluding hydrogens is 611 g/mol. The van der Waals surface area contributed by atoms with Crippen molar-refractivity contribution in [2.45, 2.75) is 57.2 Å². The molecule has 4 heterocycles. The first kappa shape index (κ1) is 33.2. The molecule has 0 bridgehead atoms. The zero-order chi connectivity index (χ0) is 31.5. The minimum absolute atomic E-state index is 0.106. The number of hydrogen-bond donors (Lipinski definition) is 3. The van der Waals surface area contributed by atoms with Crippen molar-refractivity contribution in [3.63, 3.8) is 0 Å². The molecule has 0 radical (unpaired) electrons. The van der Waals surface area contributed by atoms with Crippen LogP contribution in [0.5, 0.6) is 5.75 Å². The summed E-state index contributed by atoms with van der Waals surface area (Å²) in [5, 5.41) is 18.5. The summed E-state index contributed by atoms with van der Waals surface area (Å²) >= 11 is -1.04. The summed E-state index contributed by atoms with van der Waals surface area (Å²) in [7, 11) is -0.462. The van der Waals surface area contributed by atoms with Gasteiger partial charge in [0.2, 0.25) is 11.6 Å². The van der Waals surface area contributed by atoms with Crippen LogP contribution in [0.1, 0.15) is 57.9 Å². The van der Waals surface area contributed by atoms with E-state index in [1.54, 1.807) is 13.2 Å². The second-order valence-electron chi connectivity index (χ2n) is 12.1. The molecule has 0 aliphatic carbocycles. The molecule has 1 aliphatic heterocycles. The van der Waals surface area contributed by atoms with Crippen molar-refractivity contribution in [3.8, 4) is 5.75 Å². The van der Waals surface area contributed by atoms with Crippen molar-refractivity contribution in [2.24, 2.45) is 5.41 Å². The summed E-state index contributed by atoms with van der Waals surface area (Å²) in [6.45, 7) is 17.0. The van der Waals surface area contributed by atoms with Crippen LogP contribution < -0.4 is 10.6 Å². The summed E-state index contributed by atoms with van der Waals surface area (Å²) in [6.07, 6.45) is 4.90. The van der Waals surface area contributed by atoms with E-state index in [0.717, 1.165) is 79.0 Å². The zero-order valence-electron chi connectivity index (χ0n) is 25.7. The SMILES string of the molecule is C=C(C)N(C)S(=O)(=O)c1scc(Nc2n[s+]([O-])nc2N[C@@H](c2cc(CCCCN3CCN(C)CC3)co2)C(C)(C)C)c1O. The Hall–Kier alpha value is -2.69. The lowest BCUT2D eigenvalue weighted by Gasteiger charge is -2.32. The largest absolute Gasteiger partial charge is 0.546 e. The fourth-order valence-electron chi connectivity index (χ4n) is 4.77. The number of nitrogens with zero attached hydrogens (tertiary/aromatic N) is 5. The maximum Gasteiger partial charge on any atom is 0.277 e. The van der Waals surface area contributed by atoms with Crippen molar-refractivity contribution < 1.29 is 22.5 Å². The van der Waals surface area contributed by atoms with Gasteiger partial charge in [-0.05, 0) is 56.8 Å². The van der Waals surface area contributed by atoms with E-state index >= 15 is 0 Å². The van der Waals surface area contributed by atoms with Gasteiger partial charge in [0.25, 0.3) is 10.0 Å². The second kappa shape index (κ2) is 13.5. The molecule has 12 nitrogen and oxygen atoms in total. The van der Waals surface area contributed by atoms with Crippen LogP contribution in [0, 0.1) is 5.41 Å². The smallest absolute Gasteiger partial charge is 0.277 e. The third-order valence-electron chi connectivity index (χ3n) is 7.57. The molecule has 1 saturated heterocycles. The zero-order valence-corrected chi connectivity index (χ0v) is 28.2. The van der Waals surface area contributed by atoms with Gasteiger partial charge in [-0.1, -0.05) is 27.4 Å². The molecule has 43 heavy (non-hydrogen) atoms. The predicted octanol–water partition coefficient (Wildman–Crippen LogP) is 5.23. The molecule has 3 N–H and O–H groups in total. The fourth-order valence-corrected chi connectivity index (χ4v) is 7.99. The molecule has 1 unspecified atom stereocenters. The summed E-state index contributed by atoms with van der Waals surface area (Å²) in [5.74, 6) is 0.593. The number of aromatic hydroxyl groups is 1. The molecule has 238 valence electrons. The van der Waals surface area contributed by atoms with E-state index in [2.05, 4.69) is 69.6 Å². The van der Waals surface area contributed by atoms with Crippen LogP contribution in [0.25, 0.3) is 0 Å². The molecule has 0 aromatic carbocycles. The van der Waals surface area contributed by atoms with Gasteiger partial charge in [-0.3, -0.25) is 4.31 Å². The molecule has 0 amide bonds. The molecular formula is C28H43N7O5S3. The minimum atomic E-state index is -3.99. The molecule has 3 aromatic rings. The van der Waals surface area contributed by atoms with Crippen LogP contribution in [0.4, 0.5) is 17.3 Å². The van der Waals surface area contributed by atoms with Gasteiger partial charge < -0.3 is 34.5 Å². The van der Waals surface area contributed by atoms with E-state index in [-0.39, 0.29) is 33.0 Å². The first-order chi connectivity index (χ1) is 20.2. The lowest BCUT2D eigenvalue weighted by molar-refractivity contribution is 0.152. The van der Waals surface area contributed by atoms with Gasteiger partial charge in [0.05, 0.1) is 18.0 Å². The number of furan rings is 1. The maximum atomic E-state index is 12.9. The number of likely N-dealkylation sites (N-methyl/N-ethyl adjacent to an activating group) is 1. The van der Waals surface area contributed by atoms with Crippen molar-refractivity contribution in [2.75, 3.05) is 57.5 Å². The number of anilines is 3. The quantitative estimate of drug-likeness (QED) is 0.164. The number of thiophene rings is 1. The van der Waals surface area contributed by atoms with Gasteiger partial charge in [-0.25, -0.2) is 8.42 Å². The van der Waals surface area contributed by atoms with E-state index in [1.165, 1.54) is 12.4 Å². The van der Waals surface area contributed by atoms with Crippen LogP contribution in [-0.4, -0.2) is 87.7 Å². The Morgan fingerprint density at radius 1 is 1.26 bits per heavy atom. The van der Waals surface area contributed by atoms with E-state index < -0.39 is 26.9 Å². The first-order valence-corrected chi connectivity index (χ1v) is 17.6. The van der Waals surface area contributed by atoms with Gasteiger partial charge >= 0.3 is 0 Å². The van der Waals surface area contributed by atoms with Gasteiger partial charge in [-0.2, -0.15) is 0 Å². The predicted molar refractivity (Wildman–Crippen MR) is 171 cm³/mol. The Morgan fingerprint density at radius 3 is 2.58 bits per heavy atom. The number of piperazine rings is 1. The highest BCUT2D eigenvalue weighted by Crippen LogP contribution is 2.43. The van der Waals surface area contributed by atoms with Gasteiger partial charge in [0, 0.05) is 53.1 Å². The monoisotopic (exact) mass is 653 g/mol. The molecule has 0 spiro atoms. The van der Waals surface area contributed by atoms with Crippen molar-refractivity contribution in [3.05, 3.63) is 41.3 Å². The first-order valence-electron chi connectivity index (χ1n) is 14.2. The van der Waals surface area contributed by atoms with E-state index in [0.29, 0.717) is 5.70 Å². The number of sulfonamides is 1. The lowest BCUT2D eigenvalue weighted by atomic mass is 9.85. The molecule has 1 aliphatic rings. The maximum absolute atomic E-state index is 12.9. The number of hydrogen-bond acceptors (Lipinski definition) is 12. The summed E-state index contributed by atoms with van der Waals surface area (Å²) in [5.41, 5.74) is 1.20. The molecule has 15 heteroatoms. The van der Waals surface area contributed by atoms with Crippen molar-refractivity contribution in [1.29, 1.82) is 0 Å². The second-order valence-corrected chi connectivity index (χ2v) is 16.0. The van der Waals surface area contributed by atoms with E-state index in [4.69, 9.17) is 4.42 Å². The Labute approximate surface area is 261 Å². The molecule has 0 saturated carbocycles. The standard InChI is InChI=1S/C28H43N7O5S3/c1-19(2)34(7)43(38,39)27-23(36)21(18-41-27)29-25-26(32-42(37)31-25)30-24(28(3,4)5)22-16-20(17-40-22)10-8-9-11-35-14-12-33(6)13-15-35/h16-18,24,36H,1,8-15H2,2-7H3,(H,29,31)(H,30,32)/t24-,42?/m0/s1. The fraction of sp³-hybridized carbons (Fsp3) is 0.571. The molecule has 4 rings (SSSR count). The molecule has 3 aromatic heterocycles. The third-order valence-corrected chi connectivity index (χ3v) is 11.6. The number of nitrogens with one attached hydrogen (secondary N) is 2. The number of aryl methyl sites for hydroxylation is 1. The van der Waals surface area contributed by atoms with Gasteiger partial charge in [-0.15, -0.1) is 11.3 Å². The Kier molecular flexibility index (Phi) is 10.4. The summed E-state index contributed by atoms with van der Waals surface area (Å²) in [4.78, 5) is 4.89. The number of allylic oxidation sites excluding steroid dienone is 1. The van der Waals surface area contributed by atoms with Crippen molar-refractivity contribution in [1.82, 2.24) is 22.9 Å². The minimum Gasteiger partial charge on any atom is -0.546 e. The van der Waals surface area contributed by atoms with Crippen LogP contribution >= 0.6 is 22.5 Å². The normalized spacial score (nSPS) is 16.3. The Bertz CT molecular complexity index is 1500. The van der Waals surface area contributed by atoms with Gasteiger partial charge in [0.15, 0.2) is 21.1 Å². The van der Waals surface area contributed by atoms with Crippen LogP contribution in [0.15, 0.2) is 38.6 Å². The topological polar surface area (TPSA) is 150 Å². The Balaban J connectivity index is 1.45. The number of aromatic nitrogens is 2. The molecule has 2 atom stereocenters.